The van der Waals surface area contributed by atoms with E-state index in [1.165, 1.54) is 19.2 Å². The molecule has 2 aromatic heterocycles. The van der Waals surface area contributed by atoms with E-state index in [0.29, 0.717) is 29.8 Å². The molecule has 3 rings (SSSR count). The first kappa shape index (κ1) is 26.1. The Hall–Kier alpha value is -3.49. The van der Waals surface area contributed by atoms with Crippen molar-refractivity contribution < 1.29 is 22.7 Å². The molecule has 0 saturated carbocycles. The van der Waals surface area contributed by atoms with Gasteiger partial charge in [-0.3, -0.25) is 19.6 Å². The lowest BCUT2D eigenvalue weighted by molar-refractivity contribution is 0.0995. The van der Waals surface area contributed by atoms with Crippen molar-refractivity contribution in [1.82, 2.24) is 28.8 Å². The van der Waals surface area contributed by atoms with Gasteiger partial charge in [0.05, 0.1) is 11.2 Å². The minimum atomic E-state index is -3.62. The van der Waals surface area contributed by atoms with E-state index in [0.717, 1.165) is 12.1 Å². The fraction of sp³-hybridized carbons (Fsp3) is 0.429. The van der Waals surface area contributed by atoms with E-state index in [-0.39, 0.29) is 36.3 Å². The Balaban J connectivity index is 2.00. The molecule has 5 N–H and O–H groups in total. The number of hydrogen-bond acceptors (Lipinski definition) is 7. The molecule has 0 saturated heterocycles. The van der Waals surface area contributed by atoms with Gasteiger partial charge < -0.3 is 15.0 Å². The van der Waals surface area contributed by atoms with E-state index >= 15 is 0 Å². The fourth-order valence-electron chi connectivity index (χ4n) is 3.56. The molecule has 0 atom stereocenters. The van der Waals surface area contributed by atoms with E-state index < -0.39 is 16.1 Å². The summed E-state index contributed by atoms with van der Waals surface area (Å²) in [6.45, 7) is 6.65. The summed E-state index contributed by atoms with van der Waals surface area (Å²) in [6.07, 6.45) is 0.722. The summed E-state index contributed by atoms with van der Waals surface area (Å²) in [5, 5.41) is 7.15. The second-order valence-corrected chi connectivity index (χ2v) is 9.39. The van der Waals surface area contributed by atoms with Crippen LogP contribution >= 0.6 is 0 Å². The molecule has 35 heavy (non-hydrogen) atoms. The number of primary amides is 1. The largest absolute Gasteiger partial charge is 0.490 e. The molecule has 0 aliphatic carbocycles. The van der Waals surface area contributed by atoms with Gasteiger partial charge in [-0.05, 0) is 38.5 Å². The summed E-state index contributed by atoms with van der Waals surface area (Å²) in [5.74, 6) is -0.490. The van der Waals surface area contributed by atoms with Gasteiger partial charge in [0, 0.05) is 32.2 Å². The second-order valence-electron chi connectivity index (χ2n) is 7.68. The second kappa shape index (κ2) is 10.8. The third kappa shape index (κ3) is 5.96. The number of anilines is 1. The number of nitrogens with two attached hydrogens (primary N) is 1. The van der Waals surface area contributed by atoms with E-state index in [1.807, 2.05) is 13.8 Å². The standard InChI is InChI=1S/C21H30N8O5S/c1-5-8-28-18-15(25-21(28)26-20(31)16-10-13(3)27-29(16)6-2)11-14(19(22)30)12-17(18)34-9-7-24-35(32,33)23-4/h10-12,23-24H,5-9H2,1-4H3,(H2,22,30)(H,25,26,31). The first-order valence-corrected chi connectivity index (χ1v) is 12.6. The molecule has 190 valence electrons. The summed E-state index contributed by atoms with van der Waals surface area (Å²) >= 11 is 0. The van der Waals surface area contributed by atoms with Gasteiger partial charge in [-0.2, -0.15) is 18.2 Å². The fourth-order valence-corrected chi connectivity index (χ4v) is 4.06. The van der Waals surface area contributed by atoms with Gasteiger partial charge >= 0.3 is 0 Å². The zero-order valence-electron chi connectivity index (χ0n) is 20.1. The Bertz CT molecular complexity index is 1350. The van der Waals surface area contributed by atoms with Crippen LogP contribution in [-0.4, -0.2) is 59.8 Å². The third-order valence-electron chi connectivity index (χ3n) is 5.12. The van der Waals surface area contributed by atoms with Gasteiger partial charge in [-0.15, -0.1) is 0 Å². The predicted molar refractivity (Wildman–Crippen MR) is 131 cm³/mol. The van der Waals surface area contributed by atoms with Crippen LogP contribution in [-0.2, 0) is 23.3 Å². The normalized spacial score (nSPS) is 11.7. The maximum atomic E-state index is 13.0. The van der Waals surface area contributed by atoms with E-state index in [4.69, 9.17) is 10.5 Å². The van der Waals surface area contributed by atoms with Crippen LogP contribution in [0.5, 0.6) is 5.75 Å². The number of imidazole rings is 1. The number of rotatable bonds is 12. The van der Waals surface area contributed by atoms with Gasteiger partial charge in [0.15, 0.2) is 0 Å². The molecule has 0 fully saturated rings. The smallest absolute Gasteiger partial charge is 0.276 e. The van der Waals surface area contributed by atoms with Crippen LogP contribution in [0.2, 0.25) is 0 Å². The van der Waals surface area contributed by atoms with Gasteiger partial charge in [0.25, 0.3) is 16.1 Å². The lowest BCUT2D eigenvalue weighted by Gasteiger charge is -2.13. The van der Waals surface area contributed by atoms with Crippen LogP contribution in [0.15, 0.2) is 18.2 Å². The number of carbonyl (C=O) groups is 2. The summed E-state index contributed by atoms with van der Waals surface area (Å²) < 4.78 is 36.8. The predicted octanol–water partition coefficient (Wildman–Crippen LogP) is 0.755. The van der Waals surface area contributed by atoms with Crippen LogP contribution in [0.4, 0.5) is 5.95 Å². The number of carbonyl (C=O) groups excluding carboxylic acids is 2. The van der Waals surface area contributed by atoms with Crippen LogP contribution in [0.1, 0.15) is 46.8 Å². The van der Waals surface area contributed by atoms with Crippen molar-refractivity contribution in [3.05, 3.63) is 35.2 Å². The molecule has 0 radical (unpaired) electrons. The Morgan fingerprint density at radius 1 is 1.20 bits per heavy atom. The minimum absolute atomic E-state index is 0.0165. The highest BCUT2D eigenvalue weighted by Crippen LogP contribution is 2.31. The Morgan fingerprint density at radius 3 is 2.57 bits per heavy atom. The average molecular weight is 507 g/mol. The zero-order chi connectivity index (χ0) is 25.8. The monoisotopic (exact) mass is 506 g/mol. The van der Waals surface area contributed by atoms with Crippen molar-refractivity contribution in [2.75, 3.05) is 25.5 Å². The summed E-state index contributed by atoms with van der Waals surface area (Å²) in [7, 11) is -2.33. The van der Waals surface area contributed by atoms with Gasteiger partial charge in [-0.1, -0.05) is 6.92 Å². The third-order valence-corrected chi connectivity index (χ3v) is 6.24. The number of amides is 2. The number of nitrogens with one attached hydrogen (secondary N) is 3. The molecule has 2 heterocycles. The SMILES string of the molecule is CCCn1c(NC(=O)c2cc(C)nn2CC)nc2cc(C(N)=O)cc(OCCNS(=O)(=O)NC)c21. The lowest BCUT2D eigenvalue weighted by Crippen LogP contribution is -2.36. The molecule has 0 aliphatic heterocycles. The van der Waals surface area contributed by atoms with E-state index in [1.54, 1.807) is 22.2 Å². The van der Waals surface area contributed by atoms with Gasteiger partial charge in [0.1, 0.15) is 23.6 Å². The number of hydrogen-bond donors (Lipinski definition) is 4. The summed E-state index contributed by atoms with van der Waals surface area (Å²) in [6, 6.07) is 4.69. The Kier molecular flexibility index (Phi) is 8.09. The number of nitrogens with zero attached hydrogens (tertiary/aromatic N) is 4. The van der Waals surface area contributed by atoms with Crippen molar-refractivity contribution in [3.8, 4) is 5.75 Å². The van der Waals surface area contributed by atoms with Crippen molar-refractivity contribution >= 4 is 39.0 Å². The van der Waals surface area contributed by atoms with E-state index in [9.17, 15) is 18.0 Å². The molecule has 2 amide bonds. The van der Waals surface area contributed by atoms with Crippen LogP contribution in [0.25, 0.3) is 11.0 Å². The quantitative estimate of drug-likeness (QED) is 0.262. The molecule has 1 aromatic carbocycles. The molecule has 0 bridgehead atoms. The number of aromatic nitrogens is 4. The first-order valence-electron chi connectivity index (χ1n) is 11.1. The number of benzene rings is 1. The molecular weight excluding hydrogens is 476 g/mol. The first-order chi connectivity index (χ1) is 16.6. The number of fused-ring (bicyclic) bond motifs is 1. The van der Waals surface area contributed by atoms with Gasteiger partial charge in [0.2, 0.25) is 11.9 Å². The van der Waals surface area contributed by atoms with Crippen molar-refractivity contribution in [2.24, 2.45) is 5.73 Å². The highest BCUT2D eigenvalue weighted by molar-refractivity contribution is 7.87. The maximum Gasteiger partial charge on any atom is 0.276 e. The van der Waals surface area contributed by atoms with Crippen LogP contribution < -0.4 is 25.2 Å². The lowest BCUT2D eigenvalue weighted by atomic mass is 10.1. The molecule has 14 heteroatoms. The van der Waals surface area contributed by atoms with Crippen molar-refractivity contribution in [3.63, 3.8) is 0 Å². The minimum Gasteiger partial charge on any atom is -0.490 e. The van der Waals surface area contributed by atoms with Crippen LogP contribution in [0.3, 0.4) is 0 Å². The number of ether oxygens (including phenoxy) is 1. The molecule has 3 aromatic rings. The zero-order valence-corrected chi connectivity index (χ0v) is 20.9. The molecule has 0 unspecified atom stereocenters. The molecule has 13 nitrogen and oxygen atoms in total. The highest BCUT2D eigenvalue weighted by Gasteiger charge is 2.21. The summed E-state index contributed by atoms with van der Waals surface area (Å²) in [4.78, 5) is 29.5. The Morgan fingerprint density at radius 2 is 1.94 bits per heavy atom. The topological polar surface area (TPSA) is 175 Å². The van der Waals surface area contributed by atoms with Crippen molar-refractivity contribution in [1.29, 1.82) is 0 Å². The molecule has 0 spiro atoms. The Labute approximate surface area is 203 Å². The highest BCUT2D eigenvalue weighted by atomic mass is 32.2. The molecule has 0 aliphatic rings. The summed E-state index contributed by atoms with van der Waals surface area (Å²) in [5.41, 5.74) is 7.71. The number of aryl methyl sites for hydroxylation is 3. The van der Waals surface area contributed by atoms with E-state index in [2.05, 4.69) is 24.8 Å². The van der Waals surface area contributed by atoms with Crippen molar-refractivity contribution in [2.45, 2.75) is 40.3 Å². The maximum absolute atomic E-state index is 13.0. The molecular formula is C21H30N8O5S. The average Bonchev–Trinajstić information content (AvgIpc) is 3.36. The van der Waals surface area contributed by atoms with Gasteiger partial charge in [-0.25, -0.2) is 9.71 Å². The van der Waals surface area contributed by atoms with Crippen LogP contribution in [0, 0.1) is 6.92 Å².